The van der Waals surface area contributed by atoms with Crippen LogP contribution in [0.15, 0.2) is 59.6 Å². The monoisotopic (exact) mass is 372 g/mol. The molecule has 4 heteroatoms. The van der Waals surface area contributed by atoms with Gasteiger partial charge in [0, 0.05) is 25.4 Å². The van der Waals surface area contributed by atoms with Gasteiger partial charge in [-0.3, -0.25) is 4.99 Å². The van der Waals surface area contributed by atoms with Crippen LogP contribution in [-0.2, 0) is 6.42 Å². The summed E-state index contributed by atoms with van der Waals surface area (Å²) in [5, 5.41) is 3.57. The van der Waals surface area contributed by atoms with E-state index in [1.165, 1.54) is 30.4 Å². The van der Waals surface area contributed by atoms with Gasteiger partial charge in [0.1, 0.15) is 5.75 Å². The van der Waals surface area contributed by atoms with Gasteiger partial charge >= 0.3 is 0 Å². The molecule has 2 aromatic carbocycles. The first-order chi connectivity index (χ1) is 12.3. The molecule has 3 nitrogen and oxygen atoms in total. The second-order valence-corrected chi connectivity index (χ2v) is 6.66. The average Bonchev–Trinajstić information content (AvgIpc) is 2.92. The standard InChI is InChI=1S/C22H28N2O.ClH/c1-18(24-22-10-6-3-7-16-23-22)20-11-13-21(14-12-20)25-17-15-19-8-4-2-5-9-19;/h2,4-5,8-9,11-14,18H,3,6-7,10,15-17H2,1H3,(H,23,24);1H. The fraction of sp³-hybridized carbons (Fsp3) is 0.409. The molecule has 2 aromatic rings. The summed E-state index contributed by atoms with van der Waals surface area (Å²) >= 11 is 0. The number of benzene rings is 2. The van der Waals surface area contributed by atoms with Crippen molar-refractivity contribution in [1.82, 2.24) is 5.32 Å². The first kappa shape index (κ1) is 20.3. The van der Waals surface area contributed by atoms with Gasteiger partial charge in [0.15, 0.2) is 0 Å². The van der Waals surface area contributed by atoms with E-state index in [2.05, 4.69) is 65.8 Å². The molecule has 0 radical (unpaired) electrons. The van der Waals surface area contributed by atoms with Crippen LogP contribution in [0.25, 0.3) is 0 Å². The summed E-state index contributed by atoms with van der Waals surface area (Å²) in [6.07, 6.45) is 5.75. The second-order valence-electron chi connectivity index (χ2n) is 6.66. The van der Waals surface area contributed by atoms with Gasteiger partial charge in [-0.2, -0.15) is 0 Å². The lowest BCUT2D eigenvalue weighted by molar-refractivity contribution is 0.322. The molecule has 0 saturated heterocycles. The Morgan fingerprint density at radius 1 is 1.00 bits per heavy atom. The van der Waals surface area contributed by atoms with Crippen molar-refractivity contribution in [3.05, 3.63) is 65.7 Å². The number of amidine groups is 1. The van der Waals surface area contributed by atoms with Crippen molar-refractivity contribution < 1.29 is 4.74 Å². The van der Waals surface area contributed by atoms with Crippen molar-refractivity contribution in [2.24, 2.45) is 4.99 Å². The minimum Gasteiger partial charge on any atom is -0.493 e. The molecule has 1 atom stereocenters. The van der Waals surface area contributed by atoms with Crippen molar-refractivity contribution in [2.75, 3.05) is 13.2 Å². The van der Waals surface area contributed by atoms with Gasteiger partial charge in [0.05, 0.1) is 12.4 Å². The lowest BCUT2D eigenvalue weighted by Gasteiger charge is -2.17. The first-order valence-corrected chi connectivity index (χ1v) is 9.38. The number of rotatable bonds is 6. The highest BCUT2D eigenvalue weighted by Crippen LogP contribution is 2.19. The second kappa shape index (κ2) is 10.9. The maximum atomic E-state index is 5.87. The molecule has 1 N–H and O–H groups in total. The number of hydrogen-bond acceptors (Lipinski definition) is 3. The SMILES string of the molecule is CC(NC1=NCCCCC1)c1ccc(OCCc2ccccc2)cc1.Cl. The van der Waals surface area contributed by atoms with Gasteiger partial charge < -0.3 is 10.1 Å². The van der Waals surface area contributed by atoms with Crippen LogP contribution >= 0.6 is 12.4 Å². The smallest absolute Gasteiger partial charge is 0.119 e. The summed E-state index contributed by atoms with van der Waals surface area (Å²) in [5.41, 5.74) is 2.57. The van der Waals surface area contributed by atoms with Crippen LogP contribution in [0.1, 0.15) is 49.8 Å². The largest absolute Gasteiger partial charge is 0.493 e. The van der Waals surface area contributed by atoms with E-state index in [1.807, 2.05) is 6.07 Å². The number of aliphatic imine (C=N–C) groups is 1. The summed E-state index contributed by atoms with van der Waals surface area (Å²) in [6.45, 7) is 3.86. The van der Waals surface area contributed by atoms with Gasteiger partial charge in [0.2, 0.25) is 0 Å². The van der Waals surface area contributed by atoms with Crippen LogP contribution in [0.5, 0.6) is 5.75 Å². The van der Waals surface area contributed by atoms with Crippen LogP contribution in [0.3, 0.4) is 0 Å². The van der Waals surface area contributed by atoms with Crippen LogP contribution < -0.4 is 10.1 Å². The van der Waals surface area contributed by atoms with Gasteiger partial charge in [-0.15, -0.1) is 12.4 Å². The fourth-order valence-corrected chi connectivity index (χ4v) is 3.11. The van der Waals surface area contributed by atoms with Crippen LogP contribution in [0.4, 0.5) is 0 Å². The Kier molecular flexibility index (Phi) is 8.49. The molecule has 26 heavy (non-hydrogen) atoms. The van der Waals surface area contributed by atoms with Gasteiger partial charge in [-0.1, -0.05) is 48.9 Å². The Labute approximate surface area is 163 Å². The number of ether oxygens (including phenoxy) is 1. The predicted octanol–water partition coefficient (Wildman–Crippen LogP) is 5.35. The first-order valence-electron chi connectivity index (χ1n) is 9.38. The van der Waals surface area contributed by atoms with Crippen molar-refractivity contribution in [2.45, 2.75) is 45.1 Å². The lowest BCUT2D eigenvalue weighted by atomic mass is 10.1. The van der Waals surface area contributed by atoms with E-state index in [-0.39, 0.29) is 18.4 Å². The molecule has 0 saturated carbocycles. The molecule has 1 aliphatic heterocycles. The molecule has 0 bridgehead atoms. The summed E-state index contributed by atoms with van der Waals surface area (Å²) in [6, 6.07) is 19.1. The Hall–Kier alpha value is -2.00. The minimum atomic E-state index is 0. The minimum absolute atomic E-state index is 0. The predicted molar refractivity (Wildman–Crippen MR) is 112 cm³/mol. The Bertz CT molecular complexity index is 670. The molecule has 1 aliphatic rings. The fourth-order valence-electron chi connectivity index (χ4n) is 3.11. The van der Waals surface area contributed by atoms with E-state index in [1.54, 1.807) is 0 Å². The molecule has 140 valence electrons. The third-order valence-electron chi connectivity index (χ3n) is 4.64. The summed E-state index contributed by atoms with van der Waals surface area (Å²) in [5.74, 6) is 2.09. The van der Waals surface area contributed by atoms with Crippen LogP contribution in [-0.4, -0.2) is 19.0 Å². The summed E-state index contributed by atoms with van der Waals surface area (Å²) < 4.78 is 5.87. The zero-order chi connectivity index (χ0) is 17.3. The highest BCUT2D eigenvalue weighted by Gasteiger charge is 2.10. The summed E-state index contributed by atoms with van der Waals surface area (Å²) in [4.78, 5) is 4.66. The van der Waals surface area contributed by atoms with Crippen LogP contribution in [0.2, 0.25) is 0 Å². The molecule has 0 spiro atoms. The van der Waals surface area contributed by atoms with Crippen molar-refractivity contribution in [3.8, 4) is 5.75 Å². The number of halogens is 1. The van der Waals surface area contributed by atoms with Crippen molar-refractivity contribution in [1.29, 1.82) is 0 Å². The van der Waals surface area contributed by atoms with E-state index in [0.29, 0.717) is 6.61 Å². The molecule has 3 rings (SSSR count). The van der Waals surface area contributed by atoms with E-state index in [0.717, 1.165) is 31.0 Å². The van der Waals surface area contributed by atoms with E-state index < -0.39 is 0 Å². The number of hydrogen-bond donors (Lipinski definition) is 1. The average molecular weight is 373 g/mol. The van der Waals surface area contributed by atoms with Crippen LogP contribution in [0, 0.1) is 0 Å². The topological polar surface area (TPSA) is 33.6 Å². The maximum Gasteiger partial charge on any atom is 0.119 e. The summed E-state index contributed by atoms with van der Waals surface area (Å²) in [7, 11) is 0. The molecule has 0 aromatic heterocycles. The molecule has 0 amide bonds. The normalized spacial score (nSPS) is 15.2. The van der Waals surface area contributed by atoms with E-state index >= 15 is 0 Å². The third-order valence-corrected chi connectivity index (χ3v) is 4.64. The van der Waals surface area contributed by atoms with Gasteiger partial charge in [-0.25, -0.2) is 0 Å². The van der Waals surface area contributed by atoms with Crippen molar-refractivity contribution >= 4 is 18.2 Å². The Morgan fingerprint density at radius 2 is 1.77 bits per heavy atom. The number of nitrogens with zero attached hydrogens (tertiary/aromatic N) is 1. The number of nitrogens with one attached hydrogen (secondary N) is 1. The Balaban J connectivity index is 0.00000243. The molecule has 0 fully saturated rings. The molecular formula is C22H29ClN2O. The van der Waals surface area contributed by atoms with E-state index in [4.69, 9.17) is 4.74 Å². The van der Waals surface area contributed by atoms with Gasteiger partial charge in [-0.05, 0) is 43.0 Å². The zero-order valence-corrected chi connectivity index (χ0v) is 16.3. The molecule has 1 unspecified atom stereocenters. The molecule has 0 aliphatic carbocycles. The maximum absolute atomic E-state index is 5.87. The molecule has 1 heterocycles. The Morgan fingerprint density at radius 3 is 2.54 bits per heavy atom. The quantitative estimate of drug-likeness (QED) is 0.741. The van der Waals surface area contributed by atoms with Crippen molar-refractivity contribution in [3.63, 3.8) is 0 Å². The highest BCUT2D eigenvalue weighted by molar-refractivity contribution is 5.85. The lowest BCUT2D eigenvalue weighted by Crippen LogP contribution is -2.26. The zero-order valence-electron chi connectivity index (χ0n) is 15.5. The third kappa shape index (κ3) is 6.38. The van der Waals surface area contributed by atoms with Gasteiger partial charge in [0.25, 0.3) is 0 Å². The van der Waals surface area contributed by atoms with E-state index in [9.17, 15) is 0 Å². The molecular weight excluding hydrogens is 344 g/mol. The highest BCUT2D eigenvalue weighted by atomic mass is 35.5.